The molecule has 0 unspecified atom stereocenters. The van der Waals surface area contributed by atoms with Crippen LogP contribution in [0.4, 0.5) is 0 Å². The molecule has 0 N–H and O–H groups in total. The Morgan fingerprint density at radius 2 is 1.52 bits per heavy atom. The molecule has 2 aromatic rings. The third-order valence-corrected chi connectivity index (χ3v) is 3.43. The first kappa shape index (κ1) is 18.9. The number of hydrogen-bond acceptors (Lipinski definition) is 5. The van der Waals surface area contributed by atoms with Gasteiger partial charge in [0.1, 0.15) is 0 Å². The van der Waals surface area contributed by atoms with Crippen molar-refractivity contribution < 1.29 is 9.15 Å². The van der Waals surface area contributed by atoms with Crippen LogP contribution >= 0.6 is 69.6 Å². The van der Waals surface area contributed by atoms with Gasteiger partial charge < -0.3 is 9.15 Å². The summed E-state index contributed by atoms with van der Waals surface area (Å²) in [7, 11) is 1.51. The number of nitrogens with zero attached hydrogens (tertiary/aromatic N) is 3. The lowest BCUT2D eigenvalue weighted by atomic mass is 10.3. The van der Waals surface area contributed by atoms with Crippen LogP contribution < -0.4 is 4.74 Å². The monoisotopic (exact) mass is 435 g/mol. The lowest BCUT2D eigenvalue weighted by Gasteiger charge is -2.14. The van der Waals surface area contributed by atoms with Crippen LogP contribution in [0.25, 0.3) is 12.2 Å². The van der Waals surface area contributed by atoms with Gasteiger partial charge in [-0.3, -0.25) is 0 Å². The van der Waals surface area contributed by atoms with Crippen molar-refractivity contribution in [2.75, 3.05) is 7.11 Å². The van der Waals surface area contributed by atoms with Crippen molar-refractivity contribution in [2.24, 2.45) is 0 Å². The molecule has 0 spiro atoms. The van der Waals surface area contributed by atoms with Gasteiger partial charge in [0.25, 0.3) is 0 Å². The summed E-state index contributed by atoms with van der Waals surface area (Å²) >= 11 is 34.7. The van der Waals surface area contributed by atoms with Gasteiger partial charge in [-0.15, -0.1) is 0 Å². The minimum absolute atomic E-state index is 0.112. The Bertz CT molecular complexity index is 688. The fourth-order valence-electron chi connectivity index (χ4n) is 1.47. The highest BCUT2D eigenvalue weighted by Crippen LogP contribution is 2.40. The molecule has 0 saturated heterocycles. The Labute approximate surface area is 161 Å². The molecule has 11 heteroatoms. The van der Waals surface area contributed by atoms with E-state index in [0.29, 0.717) is 11.5 Å². The molecule has 0 saturated carbocycles. The Morgan fingerprint density at radius 1 is 0.957 bits per heavy atom. The molecule has 0 atom stereocenters. The third-order valence-electron chi connectivity index (χ3n) is 2.42. The molecule has 5 nitrogen and oxygen atoms in total. The summed E-state index contributed by atoms with van der Waals surface area (Å²) in [5, 5.41) is 0. The average Bonchev–Trinajstić information content (AvgIpc) is 2.90. The lowest BCUT2D eigenvalue weighted by molar-refractivity contribution is 0.403. The molecule has 2 aromatic heterocycles. The van der Waals surface area contributed by atoms with Crippen LogP contribution in [-0.2, 0) is 7.59 Å². The number of aromatic nitrogens is 3. The first-order chi connectivity index (χ1) is 10.6. The molecule has 0 bridgehead atoms. The first-order valence-corrected chi connectivity index (χ1v) is 8.08. The second-order valence-electron chi connectivity index (χ2n) is 4.02. The molecule has 0 radical (unpaired) electrons. The van der Waals surface area contributed by atoms with E-state index in [4.69, 9.17) is 78.8 Å². The van der Waals surface area contributed by atoms with Crippen LogP contribution in [0.5, 0.6) is 5.75 Å². The summed E-state index contributed by atoms with van der Waals surface area (Å²) in [5.41, 5.74) is 0. The van der Waals surface area contributed by atoms with Crippen molar-refractivity contribution in [3.05, 3.63) is 35.6 Å². The molecule has 2 heterocycles. The summed E-state index contributed by atoms with van der Waals surface area (Å²) < 4.78 is 6.53. The maximum Gasteiger partial charge on any atom is 0.250 e. The fraction of sp³-hybridized carbons (Fsp3) is 0.250. The Morgan fingerprint density at radius 3 is 2.00 bits per heavy atom. The minimum atomic E-state index is -1.90. The van der Waals surface area contributed by atoms with Crippen molar-refractivity contribution in [3.63, 3.8) is 0 Å². The standard InChI is InChI=1S/C12H7Cl6N3O2/c1-22-6-4-5-23-7(6)2-3-8-19-9(11(13,14)15)21-10(20-8)12(16,17)18/h2-5H,1H3/b3-2+. The lowest BCUT2D eigenvalue weighted by Crippen LogP contribution is -2.16. The van der Waals surface area contributed by atoms with Crippen molar-refractivity contribution in [2.45, 2.75) is 7.59 Å². The third kappa shape index (κ3) is 5.02. The van der Waals surface area contributed by atoms with E-state index in [1.807, 2.05) is 0 Å². The van der Waals surface area contributed by atoms with Gasteiger partial charge in [-0.25, -0.2) is 15.0 Å². The molecule has 0 aliphatic carbocycles. The number of methoxy groups -OCH3 is 1. The van der Waals surface area contributed by atoms with Gasteiger partial charge in [-0.05, 0) is 12.2 Å². The zero-order valence-corrected chi connectivity index (χ0v) is 15.8. The summed E-state index contributed by atoms with van der Waals surface area (Å²) in [6.07, 6.45) is 4.49. The molecule has 0 amide bonds. The highest BCUT2D eigenvalue weighted by molar-refractivity contribution is 6.67. The number of halogens is 6. The van der Waals surface area contributed by atoms with Gasteiger partial charge in [0.05, 0.1) is 13.4 Å². The number of alkyl halides is 6. The number of ether oxygens (including phenoxy) is 1. The molecular weight excluding hydrogens is 431 g/mol. The second kappa shape index (κ2) is 7.21. The highest BCUT2D eigenvalue weighted by Gasteiger charge is 2.33. The van der Waals surface area contributed by atoms with E-state index in [1.165, 1.54) is 19.4 Å². The van der Waals surface area contributed by atoms with Crippen LogP contribution in [0.15, 0.2) is 16.7 Å². The van der Waals surface area contributed by atoms with Gasteiger partial charge in [0.2, 0.25) is 7.59 Å². The normalized spacial score (nSPS) is 12.8. The van der Waals surface area contributed by atoms with E-state index in [1.54, 1.807) is 12.1 Å². The van der Waals surface area contributed by atoms with E-state index >= 15 is 0 Å². The summed E-state index contributed by atoms with van der Waals surface area (Å²) in [4.78, 5) is 11.9. The van der Waals surface area contributed by atoms with E-state index in [9.17, 15) is 0 Å². The van der Waals surface area contributed by atoms with Crippen molar-refractivity contribution in [3.8, 4) is 5.75 Å². The van der Waals surface area contributed by atoms with Gasteiger partial charge in [0.15, 0.2) is 29.0 Å². The number of rotatable bonds is 3. The highest BCUT2D eigenvalue weighted by atomic mass is 35.6. The van der Waals surface area contributed by atoms with Crippen molar-refractivity contribution >= 4 is 81.8 Å². The molecular formula is C12H7Cl6N3O2. The predicted octanol–water partition coefficient (Wildman–Crippen LogP) is 5.30. The van der Waals surface area contributed by atoms with Gasteiger partial charge in [-0.1, -0.05) is 69.6 Å². The summed E-state index contributed by atoms with van der Waals surface area (Å²) in [6, 6.07) is 1.65. The fourth-order valence-corrected chi connectivity index (χ4v) is 1.98. The molecule has 23 heavy (non-hydrogen) atoms. The molecule has 124 valence electrons. The number of hydrogen-bond donors (Lipinski definition) is 0. The minimum Gasteiger partial charge on any atom is -0.493 e. The van der Waals surface area contributed by atoms with Crippen LogP contribution in [-0.4, -0.2) is 22.1 Å². The largest absolute Gasteiger partial charge is 0.493 e. The zero-order valence-electron chi connectivity index (χ0n) is 11.2. The van der Waals surface area contributed by atoms with Crippen molar-refractivity contribution in [1.82, 2.24) is 15.0 Å². The molecule has 0 fully saturated rings. The first-order valence-electron chi connectivity index (χ1n) is 5.81. The predicted molar refractivity (Wildman–Crippen MR) is 92.5 cm³/mol. The second-order valence-corrected chi connectivity index (χ2v) is 8.59. The van der Waals surface area contributed by atoms with Crippen LogP contribution in [0.2, 0.25) is 0 Å². The van der Waals surface area contributed by atoms with Gasteiger partial charge >= 0.3 is 0 Å². The zero-order chi connectivity index (χ0) is 17.3. The number of furan rings is 1. The van der Waals surface area contributed by atoms with E-state index in [2.05, 4.69) is 15.0 Å². The molecule has 0 aliphatic rings. The smallest absolute Gasteiger partial charge is 0.250 e. The maximum absolute atomic E-state index is 5.79. The van der Waals surface area contributed by atoms with E-state index in [0.717, 1.165) is 0 Å². The SMILES string of the molecule is COc1ccoc1/C=C/c1nc(C(Cl)(Cl)Cl)nc(C(Cl)(Cl)Cl)n1. The maximum atomic E-state index is 5.79. The summed E-state index contributed by atoms with van der Waals surface area (Å²) in [6.45, 7) is 0. The van der Waals surface area contributed by atoms with Crippen LogP contribution in [0.3, 0.4) is 0 Å². The molecule has 2 rings (SSSR count). The summed E-state index contributed by atoms with van der Waals surface area (Å²) in [5.74, 6) is 0.730. The van der Waals surface area contributed by atoms with Crippen LogP contribution in [0, 0.1) is 0 Å². The van der Waals surface area contributed by atoms with Crippen LogP contribution in [0.1, 0.15) is 23.2 Å². The van der Waals surface area contributed by atoms with Gasteiger partial charge in [0, 0.05) is 6.07 Å². The Balaban J connectivity index is 2.45. The Hall–Kier alpha value is -0.430. The van der Waals surface area contributed by atoms with Crippen molar-refractivity contribution in [1.29, 1.82) is 0 Å². The molecule has 0 aromatic carbocycles. The van der Waals surface area contributed by atoms with E-state index in [-0.39, 0.29) is 17.5 Å². The van der Waals surface area contributed by atoms with Gasteiger partial charge in [-0.2, -0.15) is 0 Å². The average molecular weight is 438 g/mol. The quantitative estimate of drug-likeness (QED) is 0.610. The Kier molecular flexibility index (Phi) is 5.93. The van der Waals surface area contributed by atoms with E-state index < -0.39 is 7.59 Å². The molecule has 0 aliphatic heterocycles. The topological polar surface area (TPSA) is 61.0 Å².